The first-order chi connectivity index (χ1) is 9.79. The average Bonchev–Trinajstić information content (AvgIpc) is 2.98. The van der Waals surface area contributed by atoms with Gasteiger partial charge in [0, 0.05) is 11.9 Å². The highest BCUT2D eigenvalue weighted by Gasteiger charge is 2.24. The van der Waals surface area contributed by atoms with Gasteiger partial charge >= 0.3 is 5.97 Å². The average molecular weight is 394 g/mol. The zero-order valence-electron chi connectivity index (χ0n) is 10.9. The Morgan fingerprint density at radius 2 is 2.10 bits per heavy atom. The molecular weight excluding hydrogens is 382 g/mol. The summed E-state index contributed by atoms with van der Waals surface area (Å²) in [5.74, 6) is -0.482. The Balaban J connectivity index is 2.16. The van der Waals surface area contributed by atoms with Crippen molar-refractivity contribution in [2.75, 3.05) is 7.05 Å². The van der Waals surface area contributed by atoms with Crippen molar-refractivity contribution < 1.29 is 22.7 Å². The molecule has 1 N–H and O–H groups in total. The Kier molecular flexibility index (Phi) is 4.87. The van der Waals surface area contributed by atoms with Gasteiger partial charge in [0.1, 0.15) is 9.97 Å². The molecule has 0 aromatic carbocycles. The molecule has 2 heterocycles. The smallest absolute Gasteiger partial charge is 0.308 e. The summed E-state index contributed by atoms with van der Waals surface area (Å²) >= 11 is 4.12. The first-order valence-corrected chi connectivity index (χ1v) is 8.85. The molecule has 6 nitrogen and oxygen atoms in total. The van der Waals surface area contributed by atoms with E-state index in [4.69, 9.17) is 9.52 Å². The predicted octanol–water partition coefficient (Wildman–Crippen LogP) is 2.55. The molecule has 0 amide bonds. The third-order valence-electron chi connectivity index (χ3n) is 2.63. The summed E-state index contributed by atoms with van der Waals surface area (Å²) in [5.41, 5.74) is 0. The van der Waals surface area contributed by atoms with Crippen molar-refractivity contribution in [2.24, 2.45) is 0 Å². The number of aliphatic carboxylic acids is 1. The Morgan fingerprint density at radius 3 is 2.67 bits per heavy atom. The van der Waals surface area contributed by atoms with Crippen molar-refractivity contribution in [2.45, 2.75) is 17.2 Å². The van der Waals surface area contributed by atoms with Crippen LogP contribution in [-0.2, 0) is 27.8 Å². The second-order valence-electron chi connectivity index (χ2n) is 4.26. The minimum atomic E-state index is -3.66. The van der Waals surface area contributed by atoms with E-state index in [9.17, 15) is 13.2 Å². The molecule has 0 saturated carbocycles. The van der Waals surface area contributed by atoms with E-state index >= 15 is 0 Å². The number of hydrogen-bond donors (Lipinski definition) is 1. The van der Waals surface area contributed by atoms with Crippen molar-refractivity contribution in [3.8, 4) is 0 Å². The molecule has 0 radical (unpaired) electrons. The van der Waals surface area contributed by atoms with Crippen LogP contribution in [0.2, 0.25) is 0 Å². The monoisotopic (exact) mass is 393 g/mol. The van der Waals surface area contributed by atoms with Gasteiger partial charge in [0.05, 0.1) is 13.0 Å². The van der Waals surface area contributed by atoms with Gasteiger partial charge in [-0.1, -0.05) is 0 Å². The molecule has 0 saturated heterocycles. The lowest BCUT2D eigenvalue weighted by molar-refractivity contribution is -0.136. The summed E-state index contributed by atoms with van der Waals surface area (Å²) in [4.78, 5) is 11.1. The molecule has 2 aromatic heterocycles. The van der Waals surface area contributed by atoms with Gasteiger partial charge in [-0.3, -0.25) is 4.79 Å². The van der Waals surface area contributed by atoms with Crippen LogP contribution in [0.5, 0.6) is 0 Å². The van der Waals surface area contributed by atoms with E-state index in [-0.39, 0.29) is 17.2 Å². The number of nitrogens with zero attached hydrogens (tertiary/aromatic N) is 1. The van der Waals surface area contributed by atoms with Gasteiger partial charge in [0.25, 0.3) is 10.0 Å². The number of thiophene rings is 1. The lowest BCUT2D eigenvalue weighted by Gasteiger charge is -2.14. The molecule has 2 rings (SSSR count). The molecule has 0 aliphatic carbocycles. The van der Waals surface area contributed by atoms with Crippen LogP contribution >= 0.6 is 27.3 Å². The third kappa shape index (κ3) is 3.94. The Bertz CT molecular complexity index is 749. The van der Waals surface area contributed by atoms with Gasteiger partial charge in [-0.25, -0.2) is 8.42 Å². The number of sulfonamides is 1. The Labute approximate surface area is 134 Å². The Morgan fingerprint density at radius 1 is 1.38 bits per heavy atom. The van der Waals surface area contributed by atoms with Crippen LogP contribution in [-0.4, -0.2) is 30.8 Å². The fourth-order valence-electron chi connectivity index (χ4n) is 1.64. The van der Waals surface area contributed by atoms with Gasteiger partial charge in [0.15, 0.2) is 4.67 Å². The van der Waals surface area contributed by atoms with Crippen LogP contribution in [0.3, 0.4) is 0 Å². The van der Waals surface area contributed by atoms with Gasteiger partial charge in [-0.2, -0.15) is 4.31 Å². The van der Waals surface area contributed by atoms with E-state index in [1.165, 1.54) is 19.2 Å². The molecule has 0 aliphatic heterocycles. The van der Waals surface area contributed by atoms with E-state index in [0.717, 1.165) is 15.6 Å². The standard InChI is InChI=1S/C12H12BrNO5S2/c1-14(7-8-2-4-10(13)19-8)21(17,18)12-5-3-9(20-12)6-11(15)16/h2-5H,6-7H2,1H3,(H,15,16). The van der Waals surface area contributed by atoms with Gasteiger partial charge in [0.2, 0.25) is 0 Å². The highest BCUT2D eigenvalue weighted by Crippen LogP contribution is 2.26. The lowest BCUT2D eigenvalue weighted by Crippen LogP contribution is -2.25. The maximum Gasteiger partial charge on any atom is 0.308 e. The fraction of sp³-hybridized carbons (Fsp3) is 0.250. The van der Waals surface area contributed by atoms with Crippen LogP contribution in [0.1, 0.15) is 10.6 Å². The maximum absolute atomic E-state index is 12.4. The molecule has 0 aliphatic rings. The second-order valence-corrected chi connectivity index (χ2v) is 8.48. The second kappa shape index (κ2) is 6.30. The molecule has 2 aromatic rings. The number of carboxylic acid groups (broad SMARTS) is 1. The quantitative estimate of drug-likeness (QED) is 0.814. The first kappa shape index (κ1) is 16.2. The van der Waals surface area contributed by atoms with E-state index in [1.54, 1.807) is 12.1 Å². The summed E-state index contributed by atoms with van der Waals surface area (Å²) in [6, 6.07) is 6.31. The normalized spacial score (nSPS) is 12.0. The number of halogens is 1. The predicted molar refractivity (Wildman–Crippen MR) is 80.7 cm³/mol. The van der Waals surface area contributed by atoms with Gasteiger partial charge in [-0.05, 0) is 40.2 Å². The van der Waals surface area contributed by atoms with E-state index in [1.807, 2.05) is 0 Å². The highest BCUT2D eigenvalue weighted by molar-refractivity contribution is 9.10. The van der Waals surface area contributed by atoms with E-state index in [0.29, 0.717) is 15.3 Å². The topological polar surface area (TPSA) is 87.8 Å². The fourth-order valence-corrected chi connectivity index (χ4v) is 4.67. The minimum Gasteiger partial charge on any atom is -0.481 e. The highest BCUT2D eigenvalue weighted by atomic mass is 79.9. The van der Waals surface area contributed by atoms with Crippen molar-refractivity contribution in [3.63, 3.8) is 0 Å². The maximum atomic E-state index is 12.4. The molecule has 0 fully saturated rings. The van der Waals surface area contributed by atoms with Crippen molar-refractivity contribution >= 4 is 43.3 Å². The van der Waals surface area contributed by atoms with Crippen molar-refractivity contribution in [3.05, 3.63) is 39.6 Å². The van der Waals surface area contributed by atoms with Crippen molar-refractivity contribution in [1.82, 2.24) is 4.31 Å². The molecule has 0 spiro atoms. The zero-order valence-corrected chi connectivity index (χ0v) is 14.2. The van der Waals surface area contributed by atoms with Gasteiger partial charge < -0.3 is 9.52 Å². The molecule has 0 unspecified atom stereocenters. The number of carboxylic acids is 1. The minimum absolute atomic E-state index is 0.0973. The van der Waals surface area contributed by atoms with Crippen LogP contribution in [0.25, 0.3) is 0 Å². The van der Waals surface area contributed by atoms with Crippen LogP contribution in [0, 0.1) is 0 Å². The SMILES string of the molecule is CN(Cc1ccc(Br)o1)S(=O)(=O)c1ccc(CC(=O)O)s1. The molecule has 0 bridgehead atoms. The molecule has 21 heavy (non-hydrogen) atoms. The summed E-state index contributed by atoms with van der Waals surface area (Å²) in [6.07, 6.45) is -0.185. The molecule has 0 atom stereocenters. The lowest BCUT2D eigenvalue weighted by atomic mass is 10.3. The van der Waals surface area contributed by atoms with Crippen LogP contribution < -0.4 is 0 Å². The van der Waals surface area contributed by atoms with E-state index in [2.05, 4.69) is 15.9 Å². The molecule has 9 heteroatoms. The molecule has 114 valence electrons. The van der Waals surface area contributed by atoms with Crippen LogP contribution in [0.4, 0.5) is 0 Å². The number of furan rings is 1. The van der Waals surface area contributed by atoms with Crippen molar-refractivity contribution in [1.29, 1.82) is 0 Å². The summed E-state index contributed by atoms with van der Waals surface area (Å²) in [7, 11) is -2.21. The largest absolute Gasteiger partial charge is 0.481 e. The van der Waals surface area contributed by atoms with Gasteiger partial charge in [-0.15, -0.1) is 11.3 Å². The molecular formula is C12H12BrNO5S2. The summed E-state index contributed by atoms with van der Waals surface area (Å²) in [6.45, 7) is 0.0973. The number of carbonyl (C=O) groups is 1. The Hall–Kier alpha value is -1.16. The summed E-state index contributed by atoms with van der Waals surface area (Å²) < 4.78 is 31.8. The number of hydrogen-bond acceptors (Lipinski definition) is 5. The number of rotatable bonds is 6. The third-order valence-corrected chi connectivity index (χ3v) is 6.42. The zero-order chi connectivity index (χ0) is 15.6. The first-order valence-electron chi connectivity index (χ1n) is 5.80. The van der Waals surface area contributed by atoms with E-state index < -0.39 is 16.0 Å². The summed E-state index contributed by atoms with van der Waals surface area (Å²) in [5, 5.41) is 8.72. The van der Waals surface area contributed by atoms with Crippen LogP contribution in [0.15, 0.2) is 37.6 Å².